The Hall–Kier alpha value is -4.38. The first-order valence-electron chi connectivity index (χ1n) is 20.1. The summed E-state index contributed by atoms with van der Waals surface area (Å²) < 4.78 is 80.8. The van der Waals surface area contributed by atoms with Crippen LogP contribution in [-0.4, -0.2) is 13.3 Å². The first-order chi connectivity index (χ1) is 25.2. The molecule has 0 bridgehead atoms. The largest absolute Gasteiger partial charge is 0.431 e. The van der Waals surface area contributed by atoms with Crippen LogP contribution in [0.5, 0.6) is 11.7 Å². The fraction of sp³-hybridized carbons (Fsp3) is 0.333. The predicted octanol–water partition coefficient (Wildman–Crippen LogP) is 9.46. The van der Waals surface area contributed by atoms with Crippen molar-refractivity contribution in [3.8, 4) is 11.7 Å². The zero-order valence-electron chi connectivity index (χ0n) is 36.0. The van der Waals surface area contributed by atoms with Crippen molar-refractivity contribution >= 4 is 51.5 Å². The molecule has 3 aliphatic heterocycles. The third-order valence-corrected chi connectivity index (χ3v) is 9.68. The summed E-state index contributed by atoms with van der Waals surface area (Å²) in [6.07, 6.45) is 0. The van der Waals surface area contributed by atoms with Crippen LogP contribution in [0, 0.1) is 20.8 Å². The summed E-state index contributed by atoms with van der Waals surface area (Å²) in [4.78, 5) is 3.93. The zero-order valence-corrected chi connectivity index (χ0v) is 29.0. The quantitative estimate of drug-likeness (QED) is 0.183. The van der Waals surface area contributed by atoms with E-state index >= 15 is 0 Å². The molecule has 0 amide bonds. The molecule has 4 nitrogen and oxygen atoms in total. The lowest BCUT2D eigenvalue weighted by molar-refractivity contribution is 0.329. The highest BCUT2D eigenvalue weighted by molar-refractivity contribution is 6.99. The fourth-order valence-electron chi connectivity index (χ4n) is 7.37. The molecule has 47 heavy (non-hydrogen) atoms. The number of rotatable bonds is 3. The van der Waals surface area contributed by atoms with Gasteiger partial charge < -0.3 is 19.0 Å². The highest BCUT2D eigenvalue weighted by atomic mass is 16.6. The highest BCUT2D eigenvalue weighted by Crippen LogP contribution is 2.50. The standard InChI is InChI=1S/C42H45BN2O2/c1-24(2)36-22-32-40(46-36)47-37-17-25(3)16-35-38(37)43(32)31-21-33-30(42(9,10)23-44(33)29-14-12-11-13-15-29)20-34(31)45(35)39-26(4)18-28(19-27(39)5)41(6,7)8/h11-22,24H,23H2,1-10H3/i16D,17D,18D,19D,20D,21D,22D. The van der Waals surface area contributed by atoms with Gasteiger partial charge in [0.25, 0.3) is 12.7 Å². The maximum Gasteiger partial charge on any atom is 0.284 e. The number of nitrogens with zero attached hydrogens (tertiary/aromatic N) is 2. The molecule has 4 aromatic carbocycles. The summed E-state index contributed by atoms with van der Waals surface area (Å²) in [6, 6.07) is 10.9. The number of hydrogen-bond donors (Lipinski definition) is 0. The van der Waals surface area contributed by atoms with E-state index in [1.807, 2.05) is 83.7 Å². The van der Waals surface area contributed by atoms with Crippen LogP contribution in [0.3, 0.4) is 0 Å². The number of ether oxygens (including phenoxy) is 1. The SMILES string of the molecule is [2H]c1c(C)c([2H])c2c3c1Oc1oc(C(C)C)c([2H])c1B3c1c([2H])c3c(c([2H])c1N2c1c(C)c([2H])c(C(C)(C)C)c([2H])c1C)C(C)(C)CN3c1ccccc1. The molecule has 4 heterocycles. The van der Waals surface area contributed by atoms with Gasteiger partial charge in [-0.1, -0.05) is 78.8 Å². The third kappa shape index (κ3) is 4.49. The summed E-state index contributed by atoms with van der Waals surface area (Å²) in [7, 11) is 0. The molecule has 0 saturated heterocycles. The number of hydrogen-bond acceptors (Lipinski definition) is 4. The Bertz CT molecular complexity index is 2440. The lowest BCUT2D eigenvalue weighted by Gasteiger charge is -2.41. The van der Waals surface area contributed by atoms with Crippen LogP contribution in [0.15, 0.2) is 77.0 Å². The molecule has 0 saturated carbocycles. The second-order valence-corrected chi connectivity index (χ2v) is 15.3. The molecular formula is C42H45BN2O2. The number of para-hydroxylation sites is 1. The van der Waals surface area contributed by atoms with E-state index in [9.17, 15) is 9.60 Å². The van der Waals surface area contributed by atoms with Crippen molar-refractivity contribution in [2.45, 2.75) is 86.0 Å². The van der Waals surface area contributed by atoms with Crippen molar-refractivity contribution in [2.24, 2.45) is 0 Å². The smallest absolute Gasteiger partial charge is 0.284 e. The van der Waals surface area contributed by atoms with E-state index in [1.54, 1.807) is 6.92 Å². The van der Waals surface area contributed by atoms with Crippen molar-refractivity contribution in [1.29, 1.82) is 0 Å². The topological polar surface area (TPSA) is 28.9 Å². The van der Waals surface area contributed by atoms with Crippen LogP contribution in [0.1, 0.15) is 97.6 Å². The van der Waals surface area contributed by atoms with Crippen LogP contribution in [-0.2, 0) is 10.8 Å². The zero-order chi connectivity index (χ0) is 39.2. The van der Waals surface area contributed by atoms with Gasteiger partial charge in [-0.25, -0.2) is 0 Å². The van der Waals surface area contributed by atoms with E-state index in [4.69, 9.17) is 9.15 Å². The number of furan rings is 1. The summed E-state index contributed by atoms with van der Waals surface area (Å²) in [6.45, 7) is 19.1. The van der Waals surface area contributed by atoms with Crippen LogP contribution < -0.4 is 30.9 Å². The van der Waals surface area contributed by atoms with Crippen LogP contribution in [0.25, 0.3) is 0 Å². The van der Waals surface area contributed by atoms with Gasteiger partial charge >= 0.3 is 0 Å². The minimum Gasteiger partial charge on any atom is -0.431 e. The second kappa shape index (κ2) is 10.1. The average molecular weight is 628 g/mol. The minimum absolute atomic E-state index is 0.0107. The maximum atomic E-state index is 10.3. The van der Waals surface area contributed by atoms with Crippen LogP contribution in [0.4, 0.5) is 28.4 Å². The van der Waals surface area contributed by atoms with E-state index in [1.165, 1.54) is 0 Å². The molecule has 0 radical (unpaired) electrons. The fourth-order valence-corrected chi connectivity index (χ4v) is 7.37. The Kier molecular flexibility index (Phi) is 4.93. The third-order valence-electron chi connectivity index (χ3n) is 9.68. The van der Waals surface area contributed by atoms with E-state index in [2.05, 4.69) is 18.7 Å². The van der Waals surface area contributed by atoms with E-state index in [-0.39, 0.29) is 59.9 Å². The van der Waals surface area contributed by atoms with E-state index in [0.29, 0.717) is 79.3 Å². The van der Waals surface area contributed by atoms with E-state index < -0.39 is 17.5 Å². The maximum absolute atomic E-state index is 10.3. The van der Waals surface area contributed by atoms with Gasteiger partial charge in [-0.2, -0.15) is 0 Å². The Morgan fingerprint density at radius 3 is 2.21 bits per heavy atom. The van der Waals surface area contributed by atoms with Crippen molar-refractivity contribution in [2.75, 3.05) is 16.3 Å². The number of fused-ring (bicyclic) bond motifs is 5. The van der Waals surface area contributed by atoms with Crippen molar-refractivity contribution in [3.05, 3.63) is 106 Å². The molecule has 0 N–H and O–H groups in total. The van der Waals surface area contributed by atoms with E-state index in [0.717, 1.165) is 5.69 Å². The molecule has 0 unspecified atom stereocenters. The summed E-state index contributed by atoms with van der Waals surface area (Å²) >= 11 is 0. The Labute approximate surface area is 290 Å². The number of anilines is 5. The van der Waals surface area contributed by atoms with Crippen molar-refractivity contribution < 1.29 is 18.7 Å². The average Bonchev–Trinajstić information content (AvgIpc) is 3.60. The van der Waals surface area contributed by atoms with Gasteiger partial charge in [0.1, 0.15) is 11.5 Å². The predicted molar refractivity (Wildman–Crippen MR) is 198 cm³/mol. The van der Waals surface area contributed by atoms with Crippen molar-refractivity contribution in [1.82, 2.24) is 0 Å². The van der Waals surface area contributed by atoms with Crippen molar-refractivity contribution in [3.63, 3.8) is 0 Å². The minimum atomic E-state index is -0.869. The highest BCUT2D eigenvalue weighted by Gasteiger charge is 2.47. The molecule has 0 aliphatic carbocycles. The molecule has 5 aromatic rings. The van der Waals surface area contributed by atoms with Gasteiger partial charge in [0, 0.05) is 46.1 Å². The monoisotopic (exact) mass is 627 g/mol. The van der Waals surface area contributed by atoms with Gasteiger partial charge in [0.15, 0.2) is 0 Å². The Morgan fingerprint density at radius 1 is 0.851 bits per heavy atom. The van der Waals surface area contributed by atoms with Crippen LogP contribution >= 0.6 is 0 Å². The molecule has 238 valence electrons. The van der Waals surface area contributed by atoms with Gasteiger partial charge in [-0.3, -0.25) is 0 Å². The second-order valence-electron chi connectivity index (χ2n) is 15.3. The van der Waals surface area contributed by atoms with Gasteiger partial charge in [0.2, 0.25) is 0 Å². The van der Waals surface area contributed by atoms with Gasteiger partial charge in [-0.15, -0.1) is 0 Å². The lowest BCUT2D eigenvalue weighted by atomic mass is 9.34. The molecular weight excluding hydrogens is 575 g/mol. The lowest BCUT2D eigenvalue weighted by Crippen LogP contribution is -2.59. The number of benzene rings is 4. The molecule has 8 rings (SSSR count). The summed E-state index contributed by atoms with van der Waals surface area (Å²) in [5.74, 6) is 0.529. The summed E-state index contributed by atoms with van der Waals surface area (Å²) in [5, 5.41) is 0. The molecule has 0 atom stereocenters. The molecule has 3 aliphatic rings. The van der Waals surface area contributed by atoms with Gasteiger partial charge in [-0.05, 0) is 107 Å². The molecule has 1 aromatic heterocycles. The first-order valence-corrected chi connectivity index (χ1v) is 16.6. The molecule has 5 heteroatoms. The first kappa shape index (κ1) is 23.0. The summed E-state index contributed by atoms with van der Waals surface area (Å²) in [5.41, 5.74) is 5.80. The molecule has 0 fully saturated rings. The van der Waals surface area contributed by atoms with Gasteiger partial charge in [0.05, 0.1) is 15.3 Å². The normalized spacial score (nSPS) is 17.9. The Balaban J connectivity index is 1.60. The van der Waals surface area contributed by atoms with Crippen LogP contribution in [0.2, 0.25) is 0 Å². The Morgan fingerprint density at radius 2 is 1.55 bits per heavy atom. The molecule has 0 spiro atoms.